The maximum Gasteiger partial charge on any atom is 0.119 e. The van der Waals surface area contributed by atoms with Crippen molar-refractivity contribution in [3.63, 3.8) is 0 Å². The molecule has 0 spiro atoms. The standard InChI is InChI=1S/C20H26O2/c1-19-8-9-20(2)16-7-5-15(22-3)10-13(16)4-6-17(20)18(19)11-14(21)12-19/h5,7,10,14,21H,4,6,8-9,11-12H2,1-3H3/t14-,19-,20+/m0/s1. The van der Waals surface area contributed by atoms with E-state index in [0.29, 0.717) is 0 Å². The minimum atomic E-state index is -0.132. The molecule has 1 aromatic carbocycles. The Morgan fingerprint density at radius 1 is 1.14 bits per heavy atom. The average molecular weight is 298 g/mol. The molecule has 2 nitrogen and oxygen atoms in total. The Hall–Kier alpha value is -1.28. The van der Waals surface area contributed by atoms with Gasteiger partial charge in [-0.2, -0.15) is 0 Å². The van der Waals surface area contributed by atoms with Gasteiger partial charge in [0.15, 0.2) is 0 Å². The predicted octanol–water partition coefficient (Wildman–Crippen LogP) is 4.15. The van der Waals surface area contributed by atoms with E-state index in [2.05, 4.69) is 32.0 Å². The Bertz CT molecular complexity index is 660. The number of allylic oxidation sites excluding steroid dienone is 1. The topological polar surface area (TPSA) is 29.5 Å². The number of hydrogen-bond donors (Lipinski definition) is 1. The number of aliphatic hydroxyl groups is 1. The Kier molecular flexibility index (Phi) is 3.00. The van der Waals surface area contributed by atoms with Crippen molar-refractivity contribution in [2.24, 2.45) is 5.41 Å². The Balaban J connectivity index is 1.86. The molecule has 3 atom stereocenters. The summed E-state index contributed by atoms with van der Waals surface area (Å²) in [4.78, 5) is 0. The van der Waals surface area contributed by atoms with Crippen LogP contribution in [-0.2, 0) is 11.8 Å². The Morgan fingerprint density at radius 3 is 2.73 bits per heavy atom. The second-order valence-electron chi connectivity index (χ2n) is 7.94. The van der Waals surface area contributed by atoms with Crippen molar-refractivity contribution >= 4 is 0 Å². The number of benzene rings is 1. The summed E-state index contributed by atoms with van der Waals surface area (Å²) < 4.78 is 5.40. The van der Waals surface area contributed by atoms with E-state index in [-0.39, 0.29) is 16.9 Å². The maximum atomic E-state index is 10.2. The van der Waals surface area contributed by atoms with Crippen molar-refractivity contribution in [2.75, 3.05) is 7.11 Å². The highest BCUT2D eigenvalue weighted by Crippen LogP contribution is 2.59. The van der Waals surface area contributed by atoms with Gasteiger partial charge in [0, 0.05) is 5.41 Å². The van der Waals surface area contributed by atoms with Crippen LogP contribution in [0.3, 0.4) is 0 Å². The molecule has 3 aliphatic carbocycles. The second kappa shape index (κ2) is 4.61. The predicted molar refractivity (Wildman–Crippen MR) is 88.3 cm³/mol. The van der Waals surface area contributed by atoms with Gasteiger partial charge >= 0.3 is 0 Å². The molecule has 118 valence electrons. The Labute approximate surface area is 133 Å². The van der Waals surface area contributed by atoms with E-state index in [1.54, 1.807) is 18.3 Å². The van der Waals surface area contributed by atoms with Gasteiger partial charge in [-0.15, -0.1) is 0 Å². The lowest BCUT2D eigenvalue weighted by atomic mass is 9.56. The fourth-order valence-corrected chi connectivity index (χ4v) is 5.37. The van der Waals surface area contributed by atoms with E-state index in [1.807, 2.05) is 0 Å². The number of aliphatic hydroxyl groups excluding tert-OH is 1. The largest absolute Gasteiger partial charge is 0.497 e. The molecule has 0 radical (unpaired) electrons. The zero-order valence-corrected chi connectivity index (χ0v) is 13.9. The summed E-state index contributed by atoms with van der Waals surface area (Å²) in [5.41, 5.74) is 6.57. The number of aryl methyl sites for hydroxylation is 1. The summed E-state index contributed by atoms with van der Waals surface area (Å²) in [7, 11) is 1.74. The van der Waals surface area contributed by atoms with Crippen LogP contribution in [0.2, 0.25) is 0 Å². The molecule has 0 unspecified atom stereocenters. The van der Waals surface area contributed by atoms with Gasteiger partial charge in [-0.1, -0.05) is 31.1 Å². The fraction of sp³-hybridized carbons (Fsp3) is 0.600. The lowest BCUT2D eigenvalue weighted by Gasteiger charge is -2.48. The SMILES string of the molecule is COc1ccc2c(c1)CCC1=C3C[C@H](O)C[C@]3(C)CC[C@@]12C. The van der Waals surface area contributed by atoms with Gasteiger partial charge in [0.2, 0.25) is 0 Å². The van der Waals surface area contributed by atoms with Gasteiger partial charge in [-0.3, -0.25) is 0 Å². The number of fused-ring (bicyclic) bond motifs is 4. The molecule has 3 aliphatic rings. The van der Waals surface area contributed by atoms with E-state index < -0.39 is 0 Å². The molecule has 1 saturated carbocycles. The second-order valence-corrected chi connectivity index (χ2v) is 7.94. The first-order valence-electron chi connectivity index (χ1n) is 8.55. The van der Waals surface area contributed by atoms with Crippen molar-refractivity contribution < 1.29 is 9.84 Å². The molecule has 0 amide bonds. The van der Waals surface area contributed by atoms with Crippen LogP contribution in [-0.4, -0.2) is 18.3 Å². The number of hydrogen-bond acceptors (Lipinski definition) is 2. The summed E-state index contributed by atoms with van der Waals surface area (Å²) in [5, 5.41) is 10.2. The highest BCUT2D eigenvalue weighted by molar-refractivity contribution is 5.52. The smallest absolute Gasteiger partial charge is 0.119 e. The fourth-order valence-electron chi connectivity index (χ4n) is 5.37. The molecule has 0 bridgehead atoms. The van der Waals surface area contributed by atoms with Gasteiger partial charge in [-0.05, 0) is 67.2 Å². The highest BCUT2D eigenvalue weighted by atomic mass is 16.5. The number of ether oxygens (including phenoxy) is 1. The summed E-state index contributed by atoms with van der Waals surface area (Å²) in [6.07, 6.45) is 6.37. The summed E-state index contributed by atoms with van der Waals surface area (Å²) in [5.74, 6) is 0.968. The average Bonchev–Trinajstić information content (AvgIpc) is 2.81. The molecule has 4 rings (SSSR count). The number of rotatable bonds is 1. The summed E-state index contributed by atoms with van der Waals surface area (Å²) in [6, 6.07) is 6.61. The minimum Gasteiger partial charge on any atom is -0.497 e. The first-order valence-corrected chi connectivity index (χ1v) is 8.55. The first-order chi connectivity index (χ1) is 10.5. The van der Waals surface area contributed by atoms with E-state index in [0.717, 1.165) is 31.4 Å². The molecular formula is C20H26O2. The van der Waals surface area contributed by atoms with Gasteiger partial charge < -0.3 is 9.84 Å². The third kappa shape index (κ3) is 1.83. The van der Waals surface area contributed by atoms with Crippen LogP contribution >= 0.6 is 0 Å². The molecule has 0 aliphatic heterocycles. The molecule has 1 N–H and O–H groups in total. The molecular weight excluding hydrogens is 272 g/mol. The van der Waals surface area contributed by atoms with Crippen LogP contribution in [0.15, 0.2) is 29.3 Å². The van der Waals surface area contributed by atoms with Crippen molar-refractivity contribution in [2.45, 2.75) is 63.9 Å². The van der Waals surface area contributed by atoms with Crippen molar-refractivity contribution in [1.29, 1.82) is 0 Å². The first kappa shape index (κ1) is 14.3. The monoisotopic (exact) mass is 298 g/mol. The third-order valence-electron chi connectivity index (χ3n) is 6.61. The van der Waals surface area contributed by atoms with Crippen LogP contribution in [0, 0.1) is 5.41 Å². The third-order valence-corrected chi connectivity index (χ3v) is 6.61. The number of methoxy groups -OCH3 is 1. The van der Waals surface area contributed by atoms with Crippen molar-refractivity contribution in [3.05, 3.63) is 40.5 Å². The van der Waals surface area contributed by atoms with Gasteiger partial charge in [0.1, 0.15) is 5.75 Å². The zero-order chi connectivity index (χ0) is 15.5. The van der Waals surface area contributed by atoms with Crippen LogP contribution in [0.5, 0.6) is 5.75 Å². The lowest BCUT2D eigenvalue weighted by Crippen LogP contribution is -2.38. The molecule has 1 fully saturated rings. The van der Waals surface area contributed by atoms with Crippen LogP contribution in [0.25, 0.3) is 0 Å². The molecule has 0 aromatic heterocycles. The lowest BCUT2D eigenvalue weighted by molar-refractivity contribution is 0.157. The van der Waals surface area contributed by atoms with E-state index in [4.69, 9.17) is 4.74 Å². The molecule has 0 saturated heterocycles. The zero-order valence-electron chi connectivity index (χ0n) is 13.9. The highest BCUT2D eigenvalue weighted by Gasteiger charge is 2.50. The van der Waals surface area contributed by atoms with Crippen LogP contribution < -0.4 is 4.74 Å². The summed E-state index contributed by atoms with van der Waals surface area (Å²) in [6.45, 7) is 4.79. The quantitative estimate of drug-likeness (QED) is 0.789. The molecule has 0 heterocycles. The molecule has 2 heteroatoms. The minimum absolute atomic E-state index is 0.132. The van der Waals surface area contributed by atoms with E-state index >= 15 is 0 Å². The van der Waals surface area contributed by atoms with Gasteiger partial charge in [0.05, 0.1) is 13.2 Å². The van der Waals surface area contributed by atoms with Gasteiger partial charge in [0.25, 0.3) is 0 Å². The normalized spacial score (nSPS) is 36.6. The van der Waals surface area contributed by atoms with Crippen LogP contribution in [0.1, 0.15) is 57.1 Å². The van der Waals surface area contributed by atoms with Crippen LogP contribution in [0.4, 0.5) is 0 Å². The van der Waals surface area contributed by atoms with Gasteiger partial charge in [-0.25, -0.2) is 0 Å². The van der Waals surface area contributed by atoms with Crippen molar-refractivity contribution in [1.82, 2.24) is 0 Å². The van der Waals surface area contributed by atoms with Crippen molar-refractivity contribution in [3.8, 4) is 5.75 Å². The summed E-state index contributed by atoms with van der Waals surface area (Å²) >= 11 is 0. The molecule has 1 aromatic rings. The maximum absolute atomic E-state index is 10.2. The Morgan fingerprint density at radius 2 is 1.95 bits per heavy atom. The van der Waals surface area contributed by atoms with E-state index in [9.17, 15) is 5.11 Å². The van der Waals surface area contributed by atoms with E-state index in [1.165, 1.54) is 24.0 Å². The molecule has 22 heavy (non-hydrogen) atoms.